The van der Waals surface area contributed by atoms with E-state index in [0.717, 1.165) is 0 Å². The maximum absolute atomic E-state index is 10.8. The van der Waals surface area contributed by atoms with Gasteiger partial charge in [0.2, 0.25) is 0 Å². The number of benzene rings is 1. The van der Waals surface area contributed by atoms with E-state index in [4.69, 9.17) is 9.84 Å². The van der Waals surface area contributed by atoms with Crippen LogP contribution in [0.15, 0.2) is 18.2 Å². The van der Waals surface area contributed by atoms with Crippen LogP contribution in [-0.4, -0.2) is 29.3 Å². The van der Waals surface area contributed by atoms with E-state index in [2.05, 4.69) is 5.32 Å². The van der Waals surface area contributed by atoms with Gasteiger partial charge in [0.05, 0.1) is 23.7 Å². The summed E-state index contributed by atoms with van der Waals surface area (Å²) in [5.41, 5.74) is 0.605. The lowest BCUT2D eigenvalue weighted by Gasteiger charge is -2.10. The number of aliphatic hydroxyl groups excluding tert-OH is 1. The average molecular weight is 254 g/mol. The SMILES string of the molecule is CCOc1cc(NCCC(C)O)cc([N+](=O)[O-])c1. The van der Waals surface area contributed by atoms with E-state index < -0.39 is 11.0 Å². The highest BCUT2D eigenvalue weighted by molar-refractivity contribution is 5.56. The monoisotopic (exact) mass is 254 g/mol. The number of rotatable bonds is 7. The van der Waals surface area contributed by atoms with Gasteiger partial charge in [-0.25, -0.2) is 0 Å². The minimum absolute atomic E-state index is 0.0134. The predicted molar refractivity (Wildman–Crippen MR) is 69.1 cm³/mol. The number of ether oxygens (including phenoxy) is 1. The zero-order valence-corrected chi connectivity index (χ0v) is 10.5. The van der Waals surface area contributed by atoms with Gasteiger partial charge in [0, 0.05) is 24.4 Å². The van der Waals surface area contributed by atoms with Crippen LogP contribution in [0.2, 0.25) is 0 Å². The molecule has 1 aromatic rings. The molecule has 1 unspecified atom stereocenters. The third-order valence-electron chi connectivity index (χ3n) is 2.30. The first-order chi connectivity index (χ1) is 8.52. The van der Waals surface area contributed by atoms with Crippen molar-refractivity contribution in [2.24, 2.45) is 0 Å². The summed E-state index contributed by atoms with van der Waals surface area (Å²) in [6.45, 7) is 4.51. The number of non-ortho nitro benzene ring substituents is 1. The third-order valence-corrected chi connectivity index (χ3v) is 2.30. The van der Waals surface area contributed by atoms with Crippen molar-refractivity contribution in [1.82, 2.24) is 0 Å². The Balaban J connectivity index is 2.79. The molecule has 0 aliphatic carbocycles. The molecule has 2 N–H and O–H groups in total. The van der Waals surface area contributed by atoms with E-state index in [9.17, 15) is 10.1 Å². The Labute approximate surface area is 106 Å². The molecular formula is C12H18N2O4. The van der Waals surface area contributed by atoms with Gasteiger partial charge in [-0.15, -0.1) is 0 Å². The van der Waals surface area contributed by atoms with Crippen molar-refractivity contribution in [2.45, 2.75) is 26.4 Å². The molecule has 1 rings (SSSR count). The fraction of sp³-hybridized carbons (Fsp3) is 0.500. The molecule has 0 aromatic heterocycles. The summed E-state index contributed by atoms with van der Waals surface area (Å²) in [6.07, 6.45) is 0.176. The van der Waals surface area contributed by atoms with Crippen LogP contribution >= 0.6 is 0 Å². The minimum Gasteiger partial charge on any atom is -0.494 e. The van der Waals surface area contributed by atoms with Gasteiger partial charge in [-0.1, -0.05) is 0 Å². The molecule has 0 bridgehead atoms. The van der Waals surface area contributed by atoms with Gasteiger partial charge in [-0.2, -0.15) is 0 Å². The molecule has 0 saturated carbocycles. The number of anilines is 1. The van der Waals surface area contributed by atoms with E-state index in [-0.39, 0.29) is 5.69 Å². The molecule has 0 radical (unpaired) electrons. The van der Waals surface area contributed by atoms with Crippen LogP contribution in [0.3, 0.4) is 0 Å². The molecule has 1 aromatic carbocycles. The summed E-state index contributed by atoms with van der Waals surface area (Å²) in [7, 11) is 0. The van der Waals surface area contributed by atoms with Crippen molar-refractivity contribution in [3.8, 4) is 5.75 Å². The van der Waals surface area contributed by atoms with E-state index in [1.54, 1.807) is 13.0 Å². The van der Waals surface area contributed by atoms with Gasteiger partial charge < -0.3 is 15.2 Å². The standard InChI is InChI=1S/C12H18N2O4/c1-3-18-12-7-10(13-5-4-9(2)15)6-11(8-12)14(16)17/h6-9,13,15H,3-5H2,1-2H3. The Bertz CT molecular complexity index is 407. The lowest BCUT2D eigenvalue weighted by molar-refractivity contribution is -0.384. The molecule has 0 spiro atoms. The van der Waals surface area contributed by atoms with Crippen molar-refractivity contribution in [1.29, 1.82) is 0 Å². The molecule has 0 heterocycles. The van der Waals surface area contributed by atoms with Crippen LogP contribution < -0.4 is 10.1 Å². The van der Waals surface area contributed by atoms with E-state index in [1.807, 2.05) is 6.92 Å². The second-order valence-electron chi connectivity index (χ2n) is 3.97. The van der Waals surface area contributed by atoms with E-state index in [1.165, 1.54) is 12.1 Å². The summed E-state index contributed by atoms with van der Waals surface area (Å²) < 4.78 is 5.27. The first-order valence-electron chi connectivity index (χ1n) is 5.87. The quantitative estimate of drug-likeness (QED) is 0.575. The van der Waals surface area contributed by atoms with Crippen LogP contribution in [-0.2, 0) is 0 Å². The normalized spacial score (nSPS) is 11.9. The maximum Gasteiger partial charge on any atom is 0.275 e. The molecule has 100 valence electrons. The van der Waals surface area contributed by atoms with Crippen LogP contribution in [0.1, 0.15) is 20.3 Å². The lowest BCUT2D eigenvalue weighted by atomic mass is 10.2. The Hall–Kier alpha value is -1.82. The van der Waals surface area contributed by atoms with Gasteiger partial charge >= 0.3 is 0 Å². The number of hydrogen-bond donors (Lipinski definition) is 2. The van der Waals surface area contributed by atoms with Crippen molar-refractivity contribution in [3.05, 3.63) is 28.3 Å². The van der Waals surface area contributed by atoms with Gasteiger partial charge in [-0.05, 0) is 20.3 Å². The van der Waals surface area contributed by atoms with E-state index >= 15 is 0 Å². The zero-order valence-electron chi connectivity index (χ0n) is 10.5. The fourth-order valence-corrected chi connectivity index (χ4v) is 1.47. The molecule has 1 atom stereocenters. The largest absolute Gasteiger partial charge is 0.494 e. The average Bonchev–Trinajstić information content (AvgIpc) is 2.28. The van der Waals surface area contributed by atoms with Gasteiger partial charge in [0.1, 0.15) is 5.75 Å². The highest BCUT2D eigenvalue weighted by atomic mass is 16.6. The van der Waals surface area contributed by atoms with Crippen molar-refractivity contribution in [2.75, 3.05) is 18.5 Å². The van der Waals surface area contributed by atoms with Crippen molar-refractivity contribution >= 4 is 11.4 Å². The first kappa shape index (κ1) is 14.2. The number of hydrogen-bond acceptors (Lipinski definition) is 5. The molecule has 6 nitrogen and oxygen atoms in total. The Kier molecular flexibility index (Phi) is 5.38. The second-order valence-corrected chi connectivity index (χ2v) is 3.97. The number of aliphatic hydroxyl groups is 1. The lowest BCUT2D eigenvalue weighted by Crippen LogP contribution is -2.10. The molecule has 18 heavy (non-hydrogen) atoms. The second kappa shape index (κ2) is 6.80. The van der Waals surface area contributed by atoms with Crippen LogP contribution in [0.5, 0.6) is 5.75 Å². The summed E-state index contributed by atoms with van der Waals surface area (Å²) in [6, 6.07) is 4.55. The topological polar surface area (TPSA) is 84.6 Å². The van der Waals surface area contributed by atoms with Crippen molar-refractivity contribution in [3.63, 3.8) is 0 Å². The summed E-state index contributed by atoms with van der Waals surface area (Å²) in [5.74, 6) is 0.464. The number of nitro benzene ring substituents is 1. The number of nitrogens with one attached hydrogen (secondary N) is 1. The Morgan fingerprint density at radius 1 is 1.50 bits per heavy atom. The van der Waals surface area contributed by atoms with E-state index in [0.29, 0.717) is 31.0 Å². The molecule has 0 saturated heterocycles. The highest BCUT2D eigenvalue weighted by Gasteiger charge is 2.10. The van der Waals surface area contributed by atoms with Crippen molar-refractivity contribution < 1.29 is 14.8 Å². The van der Waals surface area contributed by atoms with Crippen LogP contribution in [0, 0.1) is 10.1 Å². The first-order valence-corrected chi connectivity index (χ1v) is 5.87. The zero-order chi connectivity index (χ0) is 13.5. The molecule has 0 amide bonds. The van der Waals surface area contributed by atoms with Gasteiger partial charge in [0.15, 0.2) is 0 Å². The minimum atomic E-state index is -0.456. The highest BCUT2D eigenvalue weighted by Crippen LogP contribution is 2.26. The number of nitro groups is 1. The van der Waals surface area contributed by atoms with Crippen LogP contribution in [0.25, 0.3) is 0 Å². The maximum atomic E-state index is 10.8. The predicted octanol–water partition coefficient (Wildman–Crippen LogP) is 2.18. The summed E-state index contributed by atoms with van der Waals surface area (Å²) in [4.78, 5) is 10.3. The van der Waals surface area contributed by atoms with Crippen LogP contribution in [0.4, 0.5) is 11.4 Å². The fourth-order valence-electron chi connectivity index (χ4n) is 1.47. The Morgan fingerprint density at radius 3 is 2.78 bits per heavy atom. The third kappa shape index (κ3) is 4.58. The molecule has 0 fully saturated rings. The Morgan fingerprint density at radius 2 is 2.22 bits per heavy atom. The smallest absolute Gasteiger partial charge is 0.275 e. The van der Waals surface area contributed by atoms with Gasteiger partial charge in [-0.3, -0.25) is 10.1 Å². The molecule has 0 aliphatic rings. The molecular weight excluding hydrogens is 236 g/mol. The summed E-state index contributed by atoms with van der Waals surface area (Å²) >= 11 is 0. The van der Waals surface area contributed by atoms with Gasteiger partial charge in [0.25, 0.3) is 5.69 Å². The number of nitrogens with zero attached hydrogens (tertiary/aromatic N) is 1. The molecule has 0 aliphatic heterocycles. The summed E-state index contributed by atoms with van der Waals surface area (Å²) in [5, 5.41) is 22.9. The molecule has 6 heteroatoms.